The lowest BCUT2D eigenvalue weighted by atomic mass is 9.98. The predicted octanol–water partition coefficient (Wildman–Crippen LogP) is 1.53. The summed E-state index contributed by atoms with van der Waals surface area (Å²) in [5.41, 5.74) is 0.713. The zero-order chi connectivity index (χ0) is 19.7. The van der Waals surface area contributed by atoms with Crippen molar-refractivity contribution in [3.63, 3.8) is 0 Å². The summed E-state index contributed by atoms with van der Waals surface area (Å²) in [6, 6.07) is 14.6. The lowest BCUT2D eigenvalue weighted by Crippen LogP contribution is -2.62. The highest BCUT2D eigenvalue weighted by atomic mass is 16.8. The summed E-state index contributed by atoms with van der Waals surface area (Å²) in [6.45, 7) is 0.147. The number of ether oxygens (including phenoxy) is 4. The highest BCUT2D eigenvalue weighted by Gasteiger charge is 2.49. The average molecular weight is 389 g/mol. The van der Waals surface area contributed by atoms with E-state index < -0.39 is 41.9 Å². The largest absolute Gasteiger partial charge is 0.462 e. The number of rotatable bonds is 4. The maximum absolute atomic E-state index is 10.7. The van der Waals surface area contributed by atoms with Crippen LogP contribution in [0.1, 0.15) is 11.9 Å². The van der Waals surface area contributed by atoms with Crippen LogP contribution >= 0.6 is 0 Å². The Morgan fingerprint density at radius 2 is 1.71 bits per heavy atom. The zero-order valence-corrected chi connectivity index (χ0v) is 14.7. The number of hydrogen-bond donors (Lipinski definition) is 2. The first-order valence-corrected chi connectivity index (χ1v) is 8.77. The number of nitro benzene ring substituents is 1. The van der Waals surface area contributed by atoms with E-state index in [2.05, 4.69) is 0 Å². The molecule has 2 N–H and O–H groups in total. The number of nitrogens with zero attached hydrogens (tertiary/aromatic N) is 1. The summed E-state index contributed by atoms with van der Waals surface area (Å²) in [7, 11) is 0. The Morgan fingerprint density at radius 3 is 2.39 bits per heavy atom. The van der Waals surface area contributed by atoms with E-state index in [0.29, 0.717) is 0 Å². The van der Waals surface area contributed by atoms with Gasteiger partial charge in [-0.1, -0.05) is 30.3 Å². The molecule has 0 amide bonds. The van der Waals surface area contributed by atoms with Crippen LogP contribution in [0.25, 0.3) is 0 Å². The van der Waals surface area contributed by atoms with Gasteiger partial charge in [-0.25, -0.2) is 0 Å². The van der Waals surface area contributed by atoms with Crippen molar-refractivity contribution in [1.29, 1.82) is 0 Å². The summed E-state index contributed by atoms with van der Waals surface area (Å²) in [6.07, 6.45) is -5.88. The van der Waals surface area contributed by atoms with Gasteiger partial charge in [0.05, 0.1) is 11.5 Å². The number of aliphatic hydroxyl groups excluding tert-OH is 2. The van der Waals surface area contributed by atoms with Crippen LogP contribution < -0.4 is 4.74 Å². The molecule has 0 aromatic heterocycles. The fraction of sp³-hybridized carbons (Fsp3) is 0.368. The molecule has 0 spiro atoms. The second-order valence-corrected chi connectivity index (χ2v) is 6.57. The Bertz CT molecular complexity index is 812. The van der Waals surface area contributed by atoms with Crippen LogP contribution in [0.15, 0.2) is 54.6 Å². The van der Waals surface area contributed by atoms with E-state index >= 15 is 0 Å². The Balaban J connectivity index is 1.43. The van der Waals surface area contributed by atoms with Gasteiger partial charge in [-0.2, -0.15) is 0 Å². The molecule has 9 nitrogen and oxygen atoms in total. The van der Waals surface area contributed by atoms with Gasteiger partial charge in [0.25, 0.3) is 5.69 Å². The number of non-ortho nitro benzene ring substituents is 1. The molecule has 0 bridgehead atoms. The number of benzene rings is 2. The minimum Gasteiger partial charge on any atom is -0.462 e. The molecular weight excluding hydrogens is 370 g/mol. The van der Waals surface area contributed by atoms with Gasteiger partial charge in [-0.3, -0.25) is 10.1 Å². The SMILES string of the molecule is O=[N+]([O-])c1ccc(O[C@H]2O[C@@H]3COC(c4ccccc4)O[C@H]3[C@@H](O)[C@@H]2O)cc1. The molecule has 0 radical (unpaired) electrons. The first-order valence-electron chi connectivity index (χ1n) is 8.77. The van der Waals surface area contributed by atoms with Crippen molar-refractivity contribution in [1.82, 2.24) is 0 Å². The van der Waals surface area contributed by atoms with Gasteiger partial charge < -0.3 is 29.2 Å². The summed E-state index contributed by atoms with van der Waals surface area (Å²) >= 11 is 0. The van der Waals surface area contributed by atoms with Crippen LogP contribution in [0.3, 0.4) is 0 Å². The predicted molar refractivity (Wildman–Crippen MR) is 94.4 cm³/mol. The van der Waals surface area contributed by atoms with E-state index in [1.165, 1.54) is 24.3 Å². The first kappa shape index (κ1) is 18.8. The third kappa shape index (κ3) is 3.71. The number of aliphatic hydroxyl groups is 2. The molecule has 2 saturated heterocycles. The summed E-state index contributed by atoms with van der Waals surface area (Å²) in [5, 5.41) is 31.7. The van der Waals surface area contributed by atoms with Gasteiger partial charge in [0.1, 0.15) is 30.2 Å². The van der Waals surface area contributed by atoms with E-state index in [0.717, 1.165) is 5.56 Å². The van der Waals surface area contributed by atoms with Gasteiger partial charge in [0, 0.05) is 17.7 Å². The van der Waals surface area contributed by atoms with Crippen molar-refractivity contribution in [2.45, 2.75) is 37.0 Å². The third-order valence-electron chi connectivity index (χ3n) is 4.70. The maximum Gasteiger partial charge on any atom is 0.269 e. The normalized spacial score (nSPS) is 32.4. The first-order chi connectivity index (χ1) is 13.5. The molecule has 28 heavy (non-hydrogen) atoms. The third-order valence-corrected chi connectivity index (χ3v) is 4.70. The number of hydrogen-bond acceptors (Lipinski definition) is 8. The molecule has 2 aliphatic heterocycles. The molecule has 2 fully saturated rings. The molecule has 4 rings (SSSR count). The van der Waals surface area contributed by atoms with Crippen molar-refractivity contribution >= 4 is 5.69 Å². The fourth-order valence-corrected chi connectivity index (χ4v) is 3.23. The standard InChI is InChI=1S/C19H19NO8/c21-15-16(22)19(26-13-8-6-12(7-9-13)20(23)24)27-14-10-25-18(28-17(14)15)11-4-2-1-3-5-11/h1-9,14-19,21-22H,10H2/t14-,15+,16+,17-,18?,19+/m1/s1. The lowest BCUT2D eigenvalue weighted by Gasteiger charge is -2.46. The highest BCUT2D eigenvalue weighted by molar-refractivity contribution is 5.36. The minimum atomic E-state index is -1.37. The van der Waals surface area contributed by atoms with Crippen molar-refractivity contribution in [2.24, 2.45) is 0 Å². The van der Waals surface area contributed by atoms with E-state index in [-0.39, 0.29) is 18.0 Å². The molecule has 2 aromatic carbocycles. The number of fused-ring (bicyclic) bond motifs is 1. The molecule has 148 valence electrons. The molecular formula is C19H19NO8. The van der Waals surface area contributed by atoms with Crippen LogP contribution in [0, 0.1) is 10.1 Å². The molecule has 2 heterocycles. The molecule has 9 heteroatoms. The van der Waals surface area contributed by atoms with Crippen molar-refractivity contribution in [2.75, 3.05) is 6.61 Å². The second-order valence-electron chi connectivity index (χ2n) is 6.57. The van der Waals surface area contributed by atoms with Gasteiger partial charge in [0.15, 0.2) is 6.29 Å². The van der Waals surface area contributed by atoms with Gasteiger partial charge >= 0.3 is 0 Å². The lowest BCUT2D eigenvalue weighted by molar-refractivity contribution is -0.384. The zero-order valence-electron chi connectivity index (χ0n) is 14.7. The number of nitro groups is 1. The van der Waals surface area contributed by atoms with E-state index in [9.17, 15) is 20.3 Å². The monoisotopic (exact) mass is 389 g/mol. The smallest absolute Gasteiger partial charge is 0.269 e. The quantitative estimate of drug-likeness (QED) is 0.597. The van der Waals surface area contributed by atoms with E-state index in [4.69, 9.17) is 18.9 Å². The Morgan fingerprint density at radius 1 is 1.00 bits per heavy atom. The van der Waals surface area contributed by atoms with Gasteiger partial charge in [-0.05, 0) is 12.1 Å². The van der Waals surface area contributed by atoms with Gasteiger partial charge in [-0.15, -0.1) is 0 Å². The van der Waals surface area contributed by atoms with Gasteiger partial charge in [0.2, 0.25) is 6.29 Å². The Labute approximate surface area is 160 Å². The summed E-state index contributed by atoms with van der Waals surface area (Å²) in [4.78, 5) is 10.2. The highest BCUT2D eigenvalue weighted by Crippen LogP contribution is 2.34. The molecule has 0 saturated carbocycles. The molecule has 0 aliphatic carbocycles. The molecule has 2 aliphatic rings. The van der Waals surface area contributed by atoms with Crippen LogP contribution in [0.4, 0.5) is 5.69 Å². The van der Waals surface area contributed by atoms with Crippen LogP contribution in [-0.4, -0.2) is 52.4 Å². The topological polar surface area (TPSA) is 121 Å². The van der Waals surface area contributed by atoms with Crippen molar-refractivity contribution in [3.05, 3.63) is 70.3 Å². The van der Waals surface area contributed by atoms with Crippen molar-refractivity contribution in [3.8, 4) is 5.75 Å². The van der Waals surface area contributed by atoms with Crippen LogP contribution in [-0.2, 0) is 14.2 Å². The van der Waals surface area contributed by atoms with E-state index in [1.807, 2.05) is 30.3 Å². The Hall–Kier alpha value is -2.56. The summed E-state index contributed by atoms with van der Waals surface area (Å²) in [5.74, 6) is 0.264. The molecule has 1 unspecified atom stereocenters. The second kappa shape index (κ2) is 7.82. The maximum atomic E-state index is 10.7. The molecule has 2 aromatic rings. The fourth-order valence-electron chi connectivity index (χ4n) is 3.23. The summed E-state index contributed by atoms with van der Waals surface area (Å²) < 4.78 is 22.8. The minimum absolute atomic E-state index is 0.0846. The average Bonchev–Trinajstić information content (AvgIpc) is 2.72. The van der Waals surface area contributed by atoms with Crippen LogP contribution in [0.2, 0.25) is 0 Å². The van der Waals surface area contributed by atoms with Crippen molar-refractivity contribution < 1.29 is 34.1 Å². The van der Waals surface area contributed by atoms with Crippen LogP contribution in [0.5, 0.6) is 5.75 Å². The Kier molecular flexibility index (Phi) is 5.25. The van der Waals surface area contributed by atoms with E-state index in [1.54, 1.807) is 0 Å². The molecule has 6 atom stereocenters.